The molecule has 1 aliphatic rings. The average Bonchev–Trinajstić information content (AvgIpc) is 3.38. The van der Waals surface area contributed by atoms with Gasteiger partial charge < -0.3 is 18.9 Å². The summed E-state index contributed by atoms with van der Waals surface area (Å²) in [5, 5.41) is 1.78. The topological polar surface area (TPSA) is 88.4 Å². The third-order valence-corrected chi connectivity index (χ3v) is 9.26. The predicted molar refractivity (Wildman–Crippen MR) is 179 cm³/mol. The minimum atomic E-state index is -0.896. The molecule has 1 atom stereocenters. The maximum Gasteiger partial charge on any atom is 0.338 e. The summed E-state index contributed by atoms with van der Waals surface area (Å²) >= 11 is 4.85. The number of aromatic nitrogens is 1. The second-order valence-corrected chi connectivity index (χ2v) is 11.9. The minimum Gasteiger partial charge on any atom is -0.496 e. The highest BCUT2D eigenvalue weighted by Gasteiger charge is 2.37. The zero-order chi connectivity index (χ0) is 31.7. The number of rotatable bonds is 8. The Kier molecular flexibility index (Phi) is 8.60. The van der Waals surface area contributed by atoms with Gasteiger partial charge in [-0.25, -0.2) is 9.79 Å². The van der Waals surface area contributed by atoms with Crippen molar-refractivity contribution in [2.75, 3.05) is 27.9 Å². The molecule has 4 aromatic carbocycles. The predicted octanol–water partition coefficient (Wildman–Crippen LogP) is 5.88. The molecule has 2 heterocycles. The molecule has 45 heavy (non-hydrogen) atoms. The number of hydrogen-bond acceptors (Lipinski definition) is 8. The maximum atomic E-state index is 14.5. The molecule has 0 N–H and O–H groups in total. The smallest absolute Gasteiger partial charge is 0.338 e. The number of fused-ring (bicyclic) bond motifs is 2. The van der Waals surface area contributed by atoms with Crippen molar-refractivity contribution in [3.05, 3.63) is 125 Å². The van der Waals surface area contributed by atoms with Crippen LogP contribution in [0.5, 0.6) is 17.2 Å². The minimum absolute atomic E-state index is 0.154. The van der Waals surface area contributed by atoms with Gasteiger partial charge >= 0.3 is 5.97 Å². The number of thiazole rings is 1. The molecule has 0 aliphatic carbocycles. The molecule has 0 bridgehead atoms. The Bertz CT molecular complexity index is 2150. The van der Waals surface area contributed by atoms with Crippen LogP contribution in [0.25, 0.3) is 22.5 Å². The van der Waals surface area contributed by atoms with E-state index in [1.165, 1.54) is 11.3 Å². The highest BCUT2D eigenvalue weighted by Crippen LogP contribution is 2.42. The van der Waals surface area contributed by atoms with Gasteiger partial charge in [0, 0.05) is 15.6 Å². The van der Waals surface area contributed by atoms with E-state index in [9.17, 15) is 9.59 Å². The largest absolute Gasteiger partial charge is 0.496 e. The molecule has 0 saturated heterocycles. The van der Waals surface area contributed by atoms with Crippen molar-refractivity contribution >= 4 is 55.8 Å². The molecule has 10 heteroatoms. The molecular formula is C35H29BrN2O6S. The molecule has 8 nitrogen and oxygen atoms in total. The van der Waals surface area contributed by atoms with E-state index in [-0.39, 0.29) is 17.7 Å². The second-order valence-electron chi connectivity index (χ2n) is 10.1. The molecule has 0 radical (unpaired) electrons. The van der Waals surface area contributed by atoms with Crippen molar-refractivity contribution in [2.24, 2.45) is 4.99 Å². The summed E-state index contributed by atoms with van der Waals surface area (Å²) in [6.45, 7) is 1.91. The van der Waals surface area contributed by atoms with Crippen LogP contribution in [0.15, 0.2) is 98.7 Å². The summed E-state index contributed by atoms with van der Waals surface area (Å²) in [5.41, 5.74) is 2.49. The Morgan fingerprint density at radius 3 is 2.33 bits per heavy atom. The van der Waals surface area contributed by atoms with E-state index in [2.05, 4.69) is 15.9 Å². The highest BCUT2D eigenvalue weighted by atomic mass is 79.9. The van der Waals surface area contributed by atoms with Crippen LogP contribution in [-0.4, -0.2) is 38.5 Å². The van der Waals surface area contributed by atoms with Crippen molar-refractivity contribution in [1.82, 2.24) is 4.57 Å². The van der Waals surface area contributed by atoms with Gasteiger partial charge in [0.1, 0.15) is 11.8 Å². The fourth-order valence-electron chi connectivity index (χ4n) is 5.57. The number of nitrogens with zero attached hydrogens (tertiary/aromatic N) is 2. The van der Waals surface area contributed by atoms with Crippen molar-refractivity contribution < 1.29 is 23.7 Å². The Morgan fingerprint density at radius 1 is 0.933 bits per heavy atom. The van der Waals surface area contributed by atoms with E-state index < -0.39 is 12.0 Å². The van der Waals surface area contributed by atoms with Crippen LogP contribution < -0.4 is 29.1 Å². The molecular weight excluding hydrogens is 656 g/mol. The third kappa shape index (κ3) is 5.44. The summed E-state index contributed by atoms with van der Waals surface area (Å²) in [4.78, 5) is 33.9. The van der Waals surface area contributed by atoms with Gasteiger partial charge in [0.15, 0.2) is 16.3 Å². The summed E-state index contributed by atoms with van der Waals surface area (Å²) in [6.07, 6.45) is 1.78. The molecule has 0 spiro atoms. The molecule has 228 valence electrons. The van der Waals surface area contributed by atoms with Crippen LogP contribution in [0.1, 0.15) is 29.7 Å². The van der Waals surface area contributed by atoms with Crippen LogP contribution in [-0.2, 0) is 9.53 Å². The Hall–Kier alpha value is -4.67. The molecule has 0 amide bonds. The Balaban J connectivity index is 1.73. The standard InChI is InChI=1S/C35H29BrN2O6S/c1-5-44-34(40)30-31(21-12-7-6-8-13-21)37-35-38(32(30)29-23-14-10-9-11-20(23)15-16-25(29)41-2)33(39)28(45-35)18-22-17-26(42-3)27(43-4)19-24(22)36/h6-19,32H,5H2,1-4H3/b28-18+/t32-/m1/s1. The highest BCUT2D eigenvalue weighted by molar-refractivity contribution is 9.10. The molecule has 0 fully saturated rings. The Morgan fingerprint density at radius 2 is 1.62 bits per heavy atom. The number of ether oxygens (including phenoxy) is 4. The Labute approximate surface area is 271 Å². The molecule has 0 unspecified atom stereocenters. The summed E-state index contributed by atoms with van der Waals surface area (Å²) in [7, 11) is 4.70. The lowest BCUT2D eigenvalue weighted by molar-refractivity contribution is -0.138. The van der Waals surface area contributed by atoms with Gasteiger partial charge in [-0.15, -0.1) is 0 Å². The van der Waals surface area contributed by atoms with Crippen LogP contribution >= 0.6 is 27.3 Å². The average molecular weight is 686 g/mol. The van der Waals surface area contributed by atoms with Crippen molar-refractivity contribution in [3.63, 3.8) is 0 Å². The van der Waals surface area contributed by atoms with Crippen LogP contribution in [0.4, 0.5) is 0 Å². The first-order valence-electron chi connectivity index (χ1n) is 14.2. The first-order valence-corrected chi connectivity index (χ1v) is 15.8. The molecule has 5 aromatic rings. The van der Waals surface area contributed by atoms with Crippen molar-refractivity contribution in [3.8, 4) is 17.2 Å². The lowest BCUT2D eigenvalue weighted by atomic mass is 9.89. The summed E-state index contributed by atoms with van der Waals surface area (Å²) in [5.74, 6) is 1.05. The van der Waals surface area contributed by atoms with E-state index in [4.69, 9.17) is 23.9 Å². The van der Waals surface area contributed by atoms with E-state index in [1.54, 1.807) is 51.0 Å². The van der Waals surface area contributed by atoms with Crippen LogP contribution in [0.2, 0.25) is 0 Å². The number of hydrogen-bond donors (Lipinski definition) is 0. The lowest BCUT2D eigenvalue weighted by Gasteiger charge is -2.28. The van der Waals surface area contributed by atoms with Crippen LogP contribution in [0, 0.1) is 0 Å². The maximum absolute atomic E-state index is 14.5. The summed E-state index contributed by atoms with van der Waals surface area (Å²) < 4.78 is 25.2. The van der Waals surface area contributed by atoms with Gasteiger partial charge in [0.2, 0.25) is 0 Å². The second kappa shape index (κ2) is 12.7. The summed E-state index contributed by atoms with van der Waals surface area (Å²) in [6, 6.07) is 23.8. The van der Waals surface area contributed by atoms with Gasteiger partial charge in [-0.1, -0.05) is 87.9 Å². The first-order chi connectivity index (χ1) is 21.9. The number of carbonyl (C=O) groups is 1. The van der Waals surface area contributed by atoms with Gasteiger partial charge in [-0.3, -0.25) is 9.36 Å². The molecule has 0 saturated carbocycles. The van der Waals surface area contributed by atoms with E-state index in [0.29, 0.717) is 43.4 Å². The SMILES string of the molecule is CCOC(=O)C1=C(c2ccccc2)N=c2s/c(=C/c3cc(OC)c(OC)cc3Br)c(=O)n2[C@@H]1c1c(OC)ccc2ccccc12. The van der Waals surface area contributed by atoms with Crippen molar-refractivity contribution in [2.45, 2.75) is 13.0 Å². The normalized spacial score (nSPS) is 14.6. The third-order valence-electron chi connectivity index (χ3n) is 7.59. The number of benzene rings is 4. The quantitative estimate of drug-likeness (QED) is 0.190. The monoisotopic (exact) mass is 684 g/mol. The zero-order valence-electron chi connectivity index (χ0n) is 25.0. The fraction of sp³-hybridized carbons (Fsp3) is 0.171. The molecule has 1 aliphatic heterocycles. The van der Waals surface area contributed by atoms with Gasteiger partial charge in [0.05, 0.1) is 43.7 Å². The van der Waals surface area contributed by atoms with Gasteiger partial charge in [-0.05, 0) is 47.5 Å². The van der Waals surface area contributed by atoms with E-state index >= 15 is 0 Å². The van der Waals surface area contributed by atoms with Crippen LogP contribution in [0.3, 0.4) is 0 Å². The number of halogens is 1. The van der Waals surface area contributed by atoms with Crippen molar-refractivity contribution in [1.29, 1.82) is 0 Å². The number of esters is 1. The zero-order valence-corrected chi connectivity index (χ0v) is 27.4. The van der Waals surface area contributed by atoms with Gasteiger partial charge in [0.25, 0.3) is 5.56 Å². The van der Waals surface area contributed by atoms with E-state index in [1.807, 2.05) is 66.7 Å². The van der Waals surface area contributed by atoms with Gasteiger partial charge in [-0.2, -0.15) is 0 Å². The first kappa shape index (κ1) is 30.4. The fourth-order valence-corrected chi connectivity index (χ4v) is 7.00. The van der Waals surface area contributed by atoms with E-state index in [0.717, 1.165) is 20.8 Å². The molecule has 1 aromatic heterocycles. The molecule has 6 rings (SSSR count). The lowest BCUT2D eigenvalue weighted by Crippen LogP contribution is -2.40. The number of carbonyl (C=O) groups excluding carboxylic acids is 1. The number of methoxy groups -OCH3 is 3.